The van der Waals surface area contributed by atoms with Crippen molar-refractivity contribution in [1.29, 1.82) is 0 Å². The Bertz CT molecular complexity index is 3040. The van der Waals surface area contributed by atoms with Gasteiger partial charge in [-0.05, 0) is 127 Å². The van der Waals surface area contributed by atoms with Crippen molar-refractivity contribution >= 4 is 33.8 Å². The Morgan fingerprint density at radius 3 is 1.62 bits per heavy atom. The summed E-state index contributed by atoms with van der Waals surface area (Å²) in [5.41, 5.74) is 14.9. The fourth-order valence-electron chi connectivity index (χ4n) is 9.23. The topological polar surface area (TPSA) is 6.48 Å². The summed E-state index contributed by atoms with van der Waals surface area (Å²) >= 11 is 0. The number of hydrogen-bond acceptors (Lipinski definition) is 2. The van der Waals surface area contributed by atoms with E-state index in [1.54, 1.807) is 18.2 Å². The molecule has 1 aliphatic carbocycles. The molecular weight excluding hydrogens is 857 g/mol. The SMILES string of the molecule is C=C/C=C\C(=C/C)c1ccccc1N(/C(C=C)=C/C1=C(C=C)c2ccc(N(C(/C=C\C=C)=C/C)c3ccccc3C(/C=C\C=C)=C/C)cc2C1(C(/C=C\C=C)=C/C=C)c1ccccc1)C(/C=C\C)=C/C=C. The van der Waals surface area contributed by atoms with Gasteiger partial charge in [0.2, 0.25) is 0 Å². The molecule has 4 aromatic rings. The molecular formula is C69H68N2. The van der Waals surface area contributed by atoms with Crippen LogP contribution in [-0.2, 0) is 5.41 Å². The van der Waals surface area contributed by atoms with Crippen LogP contribution in [0, 0.1) is 0 Å². The second kappa shape index (κ2) is 26.7. The Labute approximate surface area is 426 Å². The number of hydrogen-bond donors (Lipinski definition) is 0. The van der Waals surface area contributed by atoms with Crippen LogP contribution in [-0.4, -0.2) is 0 Å². The van der Waals surface area contributed by atoms with E-state index in [0.29, 0.717) is 0 Å². The van der Waals surface area contributed by atoms with Gasteiger partial charge < -0.3 is 9.80 Å². The number of fused-ring (bicyclic) bond motifs is 1. The number of anilines is 3. The number of benzene rings is 4. The first-order valence-corrected chi connectivity index (χ1v) is 23.9. The summed E-state index contributed by atoms with van der Waals surface area (Å²) in [6, 6.07) is 34.4. The van der Waals surface area contributed by atoms with Gasteiger partial charge in [0.1, 0.15) is 0 Å². The largest absolute Gasteiger partial charge is 0.310 e. The lowest BCUT2D eigenvalue weighted by atomic mass is 9.65. The second-order valence-corrected chi connectivity index (χ2v) is 16.1. The van der Waals surface area contributed by atoms with Crippen LogP contribution < -0.4 is 9.80 Å². The van der Waals surface area contributed by atoms with Gasteiger partial charge in [-0.3, -0.25) is 0 Å². The summed E-state index contributed by atoms with van der Waals surface area (Å²) in [5.74, 6) is 0. The zero-order valence-corrected chi connectivity index (χ0v) is 42.1. The molecule has 0 heterocycles. The van der Waals surface area contributed by atoms with E-state index in [9.17, 15) is 0 Å². The molecule has 1 aliphatic rings. The Morgan fingerprint density at radius 2 is 1.07 bits per heavy atom. The van der Waals surface area contributed by atoms with Crippen LogP contribution in [0.4, 0.5) is 17.1 Å². The molecule has 2 heteroatoms. The Hall–Kier alpha value is -8.72. The van der Waals surface area contributed by atoms with Crippen LogP contribution in [0.2, 0.25) is 0 Å². The molecule has 1 unspecified atom stereocenters. The highest BCUT2D eigenvalue weighted by Gasteiger charge is 2.48. The van der Waals surface area contributed by atoms with Gasteiger partial charge in [0.15, 0.2) is 0 Å². The van der Waals surface area contributed by atoms with Gasteiger partial charge in [-0.2, -0.15) is 0 Å². The van der Waals surface area contributed by atoms with Crippen LogP contribution in [0.1, 0.15) is 55.5 Å². The maximum absolute atomic E-state index is 4.55. The minimum absolute atomic E-state index is 0.827. The Morgan fingerprint density at radius 1 is 0.507 bits per heavy atom. The number of nitrogens with zero attached hydrogens (tertiary/aromatic N) is 2. The Balaban J connectivity index is 2.06. The summed E-state index contributed by atoms with van der Waals surface area (Å²) in [7, 11) is 0. The van der Waals surface area contributed by atoms with Crippen molar-refractivity contribution in [3.63, 3.8) is 0 Å². The monoisotopic (exact) mass is 925 g/mol. The highest BCUT2D eigenvalue weighted by Crippen LogP contribution is 2.57. The predicted octanol–water partition coefficient (Wildman–Crippen LogP) is 19.1. The molecule has 5 rings (SSSR count). The van der Waals surface area contributed by atoms with Gasteiger partial charge in [-0.25, -0.2) is 0 Å². The number of allylic oxidation sites excluding steroid dienone is 29. The van der Waals surface area contributed by atoms with Gasteiger partial charge in [-0.1, -0.05) is 241 Å². The van der Waals surface area contributed by atoms with Gasteiger partial charge in [0, 0.05) is 33.9 Å². The standard InChI is InChI=1S/C69H68N2/c1-13-25-39-53(20-8)62-45-32-34-47-67(62)70(57(22-10)44-28-16-4)60-49-50-64-61(24-12)65(69(66(64)52-60,56-42-30-29-31-43-56)55(36-17-5)41-27-15-3)51-58(23-11)71(59(37-18-6)38-19-7)68-48-35-33-46-63(68)54(21-9)40-26-14-2/h13-52H,1-6,11-12H2,7-10H3/b38-19-,39-25-,40-26-,41-27-,44-28-,53-20+,54-21+,55-36+,57-22+,58-51+,59-37+. The van der Waals surface area contributed by atoms with E-state index in [-0.39, 0.29) is 0 Å². The van der Waals surface area contributed by atoms with Crippen molar-refractivity contribution in [2.75, 3.05) is 9.80 Å². The first-order valence-electron chi connectivity index (χ1n) is 23.9. The fourth-order valence-corrected chi connectivity index (χ4v) is 9.23. The summed E-state index contributed by atoms with van der Waals surface area (Å²) in [6.45, 7) is 41.8. The van der Waals surface area contributed by atoms with E-state index in [0.717, 1.165) is 89.8 Å². The van der Waals surface area contributed by atoms with E-state index >= 15 is 0 Å². The molecule has 0 bridgehead atoms. The molecule has 0 aliphatic heterocycles. The zero-order chi connectivity index (χ0) is 51.2. The molecule has 0 saturated heterocycles. The van der Waals surface area contributed by atoms with E-state index in [4.69, 9.17) is 0 Å². The zero-order valence-electron chi connectivity index (χ0n) is 42.1. The molecule has 1 atom stereocenters. The molecule has 0 N–H and O–H groups in total. The third-order valence-corrected chi connectivity index (χ3v) is 12.2. The molecule has 0 amide bonds. The van der Waals surface area contributed by atoms with Crippen molar-refractivity contribution in [1.82, 2.24) is 0 Å². The third kappa shape index (κ3) is 11.4. The number of rotatable bonds is 24. The highest BCUT2D eigenvalue weighted by molar-refractivity contribution is 5.95. The molecule has 0 fully saturated rings. The van der Waals surface area contributed by atoms with E-state index < -0.39 is 5.41 Å². The quantitative estimate of drug-likeness (QED) is 0.0646. The van der Waals surface area contributed by atoms with E-state index in [1.165, 1.54) is 0 Å². The van der Waals surface area contributed by atoms with Crippen LogP contribution in [0.5, 0.6) is 0 Å². The van der Waals surface area contributed by atoms with Crippen LogP contribution in [0.25, 0.3) is 16.7 Å². The molecule has 0 aromatic heterocycles. The van der Waals surface area contributed by atoms with Crippen LogP contribution in [0.3, 0.4) is 0 Å². The fraction of sp³-hybridized carbons (Fsp3) is 0.0725. The summed E-state index contributed by atoms with van der Waals surface area (Å²) in [6.07, 6.45) is 48.1. The molecule has 2 nitrogen and oxygen atoms in total. The molecule has 354 valence electrons. The molecule has 71 heavy (non-hydrogen) atoms. The average Bonchev–Trinajstić information content (AvgIpc) is 3.68. The van der Waals surface area contributed by atoms with Gasteiger partial charge in [0.05, 0.1) is 16.8 Å². The van der Waals surface area contributed by atoms with Crippen molar-refractivity contribution in [3.05, 3.63) is 352 Å². The lowest BCUT2D eigenvalue weighted by Gasteiger charge is -2.38. The van der Waals surface area contributed by atoms with Crippen molar-refractivity contribution < 1.29 is 0 Å². The van der Waals surface area contributed by atoms with Gasteiger partial charge in [0.25, 0.3) is 0 Å². The van der Waals surface area contributed by atoms with Crippen LogP contribution in [0.15, 0.2) is 324 Å². The molecule has 4 aromatic carbocycles. The first-order chi connectivity index (χ1) is 34.8. The minimum atomic E-state index is -0.952. The molecule has 0 radical (unpaired) electrons. The van der Waals surface area contributed by atoms with Crippen molar-refractivity contribution in [2.24, 2.45) is 0 Å². The van der Waals surface area contributed by atoms with Gasteiger partial charge in [-0.15, -0.1) is 0 Å². The summed E-state index contributed by atoms with van der Waals surface area (Å²) in [5, 5.41) is 0. The highest BCUT2D eigenvalue weighted by atomic mass is 15.2. The second-order valence-electron chi connectivity index (χ2n) is 16.1. The predicted molar refractivity (Wildman–Crippen MR) is 316 cm³/mol. The number of para-hydroxylation sites is 2. The first kappa shape index (κ1) is 53.2. The van der Waals surface area contributed by atoms with Gasteiger partial charge >= 0.3 is 0 Å². The lowest BCUT2D eigenvalue weighted by molar-refractivity contribution is 0.758. The summed E-state index contributed by atoms with van der Waals surface area (Å²) in [4.78, 5) is 4.58. The van der Waals surface area contributed by atoms with E-state index in [2.05, 4.69) is 241 Å². The van der Waals surface area contributed by atoms with Crippen LogP contribution >= 0.6 is 0 Å². The van der Waals surface area contributed by atoms with Crippen molar-refractivity contribution in [2.45, 2.75) is 33.1 Å². The lowest BCUT2D eigenvalue weighted by Crippen LogP contribution is -2.31. The Kier molecular flexibility index (Phi) is 20.0. The smallest absolute Gasteiger partial charge is 0.0715 e. The normalized spacial score (nSPS) is 16.0. The average molecular weight is 925 g/mol. The maximum Gasteiger partial charge on any atom is 0.0715 e. The maximum atomic E-state index is 4.55. The van der Waals surface area contributed by atoms with E-state index in [1.807, 2.05) is 73.8 Å². The minimum Gasteiger partial charge on any atom is -0.310 e. The third-order valence-electron chi connectivity index (χ3n) is 12.2. The summed E-state index contributed by atoms with van der Waals surface area (Å²) < 4.78 is 0. The van der Waals surface area contributed by atoms with Crippen molar-refractivity contribution in [3.8, 4) is 0 Å². The molecule has 0 saturated carbocycles. The molecule has 0 spiro atoms.